The summed E-state index contributed by atoms with van der Waals surface area (Å²) in [4.78, 5) is 27.1. The standard InChI is InChI=1S/C25H22N2O6/c1-15-20(26-23(31-15)22-13-17-6-2-3-8-21(17)32-22)14-30-18-11-9-16(10-12-18)5-4-7-19-24(28)33-25(29)27-19/h2-3,6,8-13,19H,4-5,7,14H2,1H3,(H,27,29). The summed E-state index contributed by atoms with van der Waals surface area (Å²) in [6, 6.07) is 16.9. The molecule has 3 heterocycles. The molecule has 1 fully saturated rings. The van der Waals surface area contributed by atoms with E-state index in [-0.39, 0.29) is 6.61 Å². The van der Waals surface area contributed by atoms with E-state index >= 15 is 0 Å². The van der Waals surface area contributed by atoms with Crippen molar-refractivity contribution in [1.29, 1.82) is 0 Å². The lowest BCUT2D eigenvalue weighted by Gasteiger charge is -2.07. The van der Waals surface area contributed by atoms with Crippen LogP contribution in [0.15, 0.2) is 63.4 Å². The van der Waals surface area contributed by atoms with Crippen LogP contribution in [0.1, 0.15) is 29.9 Å². The van der Waals surface area contributed by atoms with Crippen molar-refractivity contribution in [3.63, 3.8) is 0 Å². The lowest BCUT2D eigenvalue weighted by atomic mass is 10.0. The summed E-state index contributed by atoms with van der Waals surface area (Å²) in [5.74, 6) is 1.91. The third kappa shape index (κ3) is 4.59. The third-order valence-corrected chi connectivity index (χ3v) is 5.56. The van der Waals surface area contributed by atoms with Gasteiger partial charge in [0.1, 0.15) is 35.4 Å². The molecular formula is C25H22N2O6. The zero-order valence-corrected chi connectivity index (χ0v) is 18.0. The van der Waals surface area contributed by atoms with Gasteiger partial charge in [-0.05, 0) is 56.0 Å². The van der Waals surface area contributed by atoms with Crippen molar-refractivity contribution in [2.24, 2.45) is 0 Å². The molecule has 2 aromatic heterocycles. The topological polar surface area (TPSA) is 104 Å². The monoisotopic (exact) mass is 446 g/mol. The molecule has 1 saturated heterocycles. The number of aryl methyl sites for hydroxylation is 2. The Bertz CT molecular complexity index is 1270. The number of nitrogens with zero attached hydrogens (tertiary/aromatic N) is 1. The van der Waals surface area contributed by atoms with Crippen molar-refractivity contribution < 1.29 is 27.9 Å². The smallest absolute Gasteiger partial charge is 0.415 e. The van der Waals surface area contributed by atoms with Crippen LogP contribution in [0.25, 0.3) is 22.6 Å². The molecule has 1 aliphatic heterocycles. The molecule has 5 rings (SSSR count). The van der Waals surface area contributed by atoms with E-state index in [1.807, 2.05) is 61.5 Å². The zero-order valence-electron chi connectivity index (χ0n) is 18.0. The van der Waals surface area contributed by atoms with E-state index in [0.29, 0.717) is 29.5 Å². The summed E-state index contributed by atoms with van der Waals surface area (Å²) in [6.07, 6.45) is 1.41. The number of carbonyl (C=O) groups excluding carboxylic acids is 2. The van der Waals surface area contributed by atoms with E-state index in [1.165, 1.54) is 0 Å². The van der Waals surface area contributed by atoms with Crippen molar-refractivity contribution in [1.82, 2.24) is 10.3 Å². The summed E-state index contributed by atoms with van der Waals surface area (Å²) in [5, 5.41) is 3.50. The van der Waals surface area contributed by atoms with Crippen LogP contribution in [0.3, 0.4) is 0 Å². The molecule has 1 unspecified atom stereocenters. The fraction of sp³-hybridized carbons (Fsp3) is 0.240. The van der Waals surface area contributed by atoms with Gasteiger partial charge in [0.25, 0.3) is 5.89 Å². The number of nitrogens with one attached hydrogen (secondary N) is 1. The van der Waals surface area contributed by atoms with Gasteiger partial charge in [0, 0.05) is 5.39 Å². The number of aromatic nitrogens is 1. The maximum absolute atomic E-state index is 11.5. The van der Waals surface area contributed by atoms with E-state index in [9.17, 15) is 9.59 Å². The molecule has 0 aliphatic carbocycles. The highest BCUT2D eigenvalue weighted by molar-refractivity contribution is 5.95. The van der Waals surface area contributed by atoms with Crippen molar-refractivity contribution in [2.45, 2.75) is 38.8 Å². The number of alkyl carbamates (subject to hydrolysis) is 1. The molecule has 33 heavy (non-hydrogen) atoms. The summed E-state index contributed by atoms with van der Waals surface area (Å²) in [6.45, 7) is 2.13. The number of carbonyl (C=O) groups is 2. The van der Waals surface area contributed by atoms with Crippen LogP contribution in [0, 0.1) is 6.92 Å². The summed E-state index contributed by atoms with van der Waals surface area (Å²) >= 11 is 0. The molecule has 1 aliphatic rings. The molecule has 0 spiro atoms. The van der Waals surface area contributed by atoms with Gasteiger partial charge in [-0.1, -0.05) is 30.3 Å². The second-order valence-electron chi connectivity index (χ2n) is 7.90. The van der Waals surface area contributed by atoms with Crippen LogP contribution >= 0.6 is 0 Å². The highest BCUT2D eigenvalue weighted by Crippen LogP contribution is 2.29. The lowest BCUT2D eigenvalue weighted by molar-refractivity contribution is -0.135. The Balaban J connectivity index is 1.15. The number of rotatable bonds is 8. The number of para-hydroxylation sites is 1. The number of ether oxygens (including phenoxy) is 2. The minimum absolute atomic E-state index is 0.276. The average molecular weight is 446 g/mol. The van der Waals surface area contributed by atoms with Crippen LogP contribution < -0.4 is 10.1 Å². The second kappa shape index (κ2) is 8.82. The molecule has 0 bridgehead atoms. The maximum atomic E-state index is 11.5. The Morgan fingerprint density at radius 2 is 1.88 bits per heavy atom. The summed E-state index contributed by atoms with van der Waals surface area (Å²) in [7, 11) is 0. The quantitative estimate of drug-likeness (QED) is 0.302. The minimum Gasteiger partial charge on any atom is -0.487 e. The maximum Gasteiger partial charge on any atom is 0.415 e. The third-order valence-electron chi connectivity index (χ3n) is 5.56. The van der Waals surface area contributed by atoms with Gasteiger partial charge in [0.2, 0.25) is 0 Å². The van der Waals surface area contributed by atoms with E-state index in [4.69, 9.17) is 13.6 Å². The number of hydrogen-bond donors (Lipinski definition) is 1. The van der Waals surface area contributed by atoms with Crippen LogP contribution in [-0.4, -0.2) is 23.1 Å². The van der Waals surface area contributed by atoms with Gasteiger partial charge in [-0.2, -0.15) is 0 Å². The van der Waals surface area contributed by atoms with Gasteiger partial charge >= 0.3 is 12.1 Å². The number of cyclic esters (lactones) is 2. The minimum atomic E-state index is -0.668. The molecular weight excluding hydrogens is 424 g/mol. The number of amides is 1. The Kier molecular flexibility index (Phi) is 5.56. The predicted octanol–water partition coefficient (Wildman–Crippen LogP) is 4.93. The van der Waals surface area contributed by atoms with E-state index in [0.717, 1.165) is 35.1 Å². The van der Waals surface area contributed by atoms with Crippen molar-refractivity contribution in [3.05, 3.63) is 71.6 Å². The van der Waals surface area contributed by atoms with Gasteiger partial charge in [0.05, 0.1) is 0 Å². The first-order valence-electron chi connectivity index (χ1n) is 10.7. The fourth-order valence-electron chi connectivity index (χ4n) is 3.75. The first-order valence-corrected chi connectivity index (χ1v) is 10.7. The number of benzene rings is 2. The van der Waals surface area contributed by atoms with E-state index in [2.05, 4.69) is 15.0 Å². The molecule has 8 heteroatoms. The van der Waals surface area contributed by atoms with Gasteiger partial charge in [-0.15, -0.1) is 0 Å². The van der Waals surface area contributed by atoms with Crippen molar-refractivity contribution in [3.8, 4) is 17.4 Å². The van der Waals surface area contributed by atoms with Gasteiger partial charge < -0.3 is 23.6 Å². The van der Waals surface area contributed by atoms with Gasteiger partial charge in [-0.3, -0.25) is 0 Å². The zero-order chi connectivity index (χ0) is 22.8. The van der Waals surface area contributed by atoms with Crippen LogP contribution in [0.5, 0.6) is 5.75 Å². The molecule has 0 saturated carbocycles. The van der Waals surface area contributed by atoms with Crippen LogP contribution in [-0.2, 0) is 22.6 Å². The Morgan fingerprint density at radius 3 is 2.64 bits per heavy atom. The molecule has 4 aromatic rings. The van der Waals surface area contributed by atoms with Crippen molar-refractivity contribution >= 4 is 23.0 Å². The summed E-state index contributed by atoms with van der Waals surface area (Å²) < 4.78 is 22.0. The Morgan fingerprint density at radius 1 is 1.06 bits per heavy atom. The van der Waals surface area contributed by atoms with Crippen LogP contribution in [0.2, 0.25) is 0 Å². The van der Waals surface area contributed by atoms with Crippen LogP contribution in [0.4, 0.5) is 4.79 Å². The molecule has 1 atom stereocenters. The lowest BCUT2D eigenvalue weighted by Crippen LogP contribution is -2.28. The molecule has 8 nitrogen and oxygen atoms in total. The molecule has 1 N–H and O–H groups in total. The second-order valence-corrected chi connectivity index (χ2v) is 7.90. The highest BCUT2D eigenvalue weighted by atomic mass is 16.6. The number of fused-ring (bicyclic) bond motifs is 1. The SMILES string of the molecule is Cc1oc(-c2cc3ccccc3o2)nc1COc1ccc(CCCC2NC(=O)OC2=O)cc1. The number of furan rings is 1. The fourth-order valence-corrected chi connectivity index (χ4v) is 3.75. The predicted molar refractivity (Wildman–Crippen MR) is 119 cm³/mol. The average Bonchev–Trinajstić information content (AvgIpc) is 3.49. The highest BCUT2D eigenvalue weighted by Gasteiger charge is 2.31. The summed E-state index contributed by atoms with van der Waals surface area (Å²) in [5.41, 5.74) is 2.61. The number of oxazole rings is 1. The Labute approximate surface area is 189 Å². The first-order chi connectivity index (χ1) is 16.0. The van der Waals surface area contributed by atoms with Gasteiger partial charge in [-0.25, -0.2) is 14.6 Å². The molecule has 1 amide bonds. The Hall–Kier alpha value is -4.07. The normalized spacial score (nSPS) is 15.6. The van der Waals surface area contributed by atoms with Gasteiger partial charge in [0.15, 0.2) is 5.76 Å². The largest absolute Gasteiger partial charge is 0.487 e. The molecule has 168 valence electrons. The van der Waals surface area contributed by atoms with E-state index in [1.54, 1.807) is 0 Å². The molecule has 2 aromatic carbocycles. The molecule has 0 radical (unpaired) electrons. The van der Waals surface area contributed by atoms with Crippen molar-refractivity contribution in [2.75, 3.05) is 0 Å². The number of esters is 1. The van der Waals surface area contributed by atoms with E-state index < -0.39 is 18.1 Å². The first kappa shape index (κ1) is 20.8. The number of hydrogen-bond acceptors (Lipinski definition) is 7.